The van der Waals surface area contributed by atoms with Crippen molar-refractivity contribution in [2.45, 2.75) is 26.8 Å². The average molecular weight is 348 g/mol. The van der Waals surface area contributed by atoms with Crippen molar-refractivity contribution in [2.75, 3.05) is 26.3 Å². The molecule has 1 aromatic heterocycles. The Hall–Kier alpha value is -0.590. The molecule has 0 amide bonds. The summed E-state index contributed by atoms with van der Waals surface area (Å²) in [6.45, 7) is 8.10. The summed E-state index contributed by atoms with van der Waals surface area (Å²) in [6, 6.07) is 4.15. The molecule has 108 valence electrons. The zero-order valence-electron chi connectivity index (χ0n) is 11.5. The Balaban J connectivity index is 2.33. The van der Waals surface area contributed by atoms with Gasteiger partial charge in [0.05, 0.1) is 10.3 Å². The third-order valence-corrected chi connectivity index (χ3v) is 3.94. The lowest BCUT2D eigenvalue weighted by Crippen LogP contribution is -2.38. The van der Waals surface area contributed by atoms with Crippen molar-refractivity contribution in [3.8, 4) is 0 Å². The monoisotopic (exact) mass is 347 g/mol. The zero-order valence-corrected chi connectivity index (χ0v) is 13.9. The lowest BCUT2D eigenvalue weighted by atomic mass is 10.4. The van der Waals surface area contributed by atoms with Crippen LogP contribution < -0.4 is 10.6 Å². The van der Waals surface area contributed by atoms with Gasteiger partial charge in [-0.3, -0.25) is 0 Å². The van der Waals surface area contributed by atoms with Crippen molar-refractivity contribution in [2.24, 2.45) is 4.99 Å². The minimum Gasteiger partial charge on any atom is -0.382 e. The van der Waals surface area contributed by atoms with Gasteiger partial charge in [-0.25, -0.2) is 4.99 Å². The van der Waals surface area contributed by atoms with Gasteiger partial charge in [-0.15, -0.1) is 11.3 Å². The van der Waals surface area contributed by atoms with E-state index in [1.165, 1.54) is 4.88 Å². The van der Waals surface area contributed by atoms with Crippen molar-refractivity contribution in [3.63, 3.8) is 0 Å². The quantitative estimate of drug-likeness (QED) is 0.431. The second-order valence-corrected chi connectivity index (χ2v) is 6.43. The van der Waals surface area contributed by atoms with Gasteiger partial charge in [-0.05, 0) is 48.3 Å². The highest BCUT2D eigenvalue weighted by Gasteiger charge is 1.99. The van der Waals surface area contributed by atoms with Gasteiger partial charge in [0.15, 0.2) is 5.96 Å². The van der Waals surface area contributed by atoms with Crippen LogP contribution in [0.3, 0.4) is 0 Å². The Labute approximate surface area is 127 Å². The topological polar surface area (TPSA) is 45.7 Å². The second-order valence-electron chi connectivity index (χ2n) is 3.88. The molecule has 6 heteroatoms. The molecule has 1 aromatic rings. The van der Waals surface area contributed by atoms with Crippen molar-refractivity contribution in [1.29, 1.82) is 0 Å². The Morgan fingerprint density at radius 2 is 2.21 bits per heavy atom. The number of guanidine groups is 1. The first-order chi connectivity index (χ1) is 9.26. The van der Waals surface area contributed by atoms with Crippen LogP contribution in [0.4, 0.5) is 0 Å². The third kappa shape index (κ3) is 7.54. The fourth-order valence-corrected chi connectivity index (χ4v) is 2.87. The third-order valence-electron chi connectivity index (χ3n) is 2.33. The molecular weight excluding hydrogens is 326 g/mol. The largest absolute Gasteiger partial charge is 0.382 e. The van der Waals surface area contributed by atoms with Gasteiger partial charge < -0.3 is 15.4 Å². The van der Waals surface area contributed by atoms with Crippen LogP contribution in [0.15, 0.2) is 20.9 Å². The highest BCUT2D eigenvalue weighted by atomic mass is 79.9. The van der Waals surface area contributed by atoms with Gasteiger partial charge >= 0.3 is 0 Å². The lowest BCUT2D eigenvalue weighted by molar-refractivity contribution is 0.145. The van der Waals surface area contributed by atoms with E-state index in [1.54, 1.807) is 11.3 Å². The van der Waals surface area contributed by atoms with Crippen molar-refractivity contribution < 1.29 is 4.74 Å². The number of hydrogen-bond donors (Lipinski definition) is 2. The Kier molecular flexibility index (Phi) is 8.86. The summed E-state index contributed by atoms with van der Waals surface area (Å²) in [4.78, 5) is 5.81. The molecule has 4 nitrogen and oxygen atoms in total. The molecule has 0 radical (unpaired) electrons. The van der Waals surface area contributed by atoms with Gasteiger partial charge in [0, 0.05) is 31.2 Å². The standard InChI is InChI=1S/C13H22BrN3OS/c1-3-15-13(16-8-5-9-18-4-2)17-10-11-6-7-12(14)19-11/h6-7H,3-5,8-10H2,1-2H3,(H2,15,16,17). The number of rotatable bonds is 8. The van der Waals surface area contributed by atoms with Gasteiger partial charge in [0.2, 0.25) is 0 Å². The van der Waals surface area contributed by atoms with E-state index < -0.39 is 0 Å². The van der Waals surface area contributed by atoms with Crippen LogP contribution >= 0.6 is 27.3 Å². The van der Waals surface area contributed by atoms with Crippen molar-refractivity contribution >= 4 is 33.2 Å². The summed E-state index contributed by atoms with van der Waals surface area (Å²) in [5, 5.41) is 6.55. The molecule has 0 saturated carbocycles. The van der Waals surface area contributed by atoms with Crippen LogP contribution in [-0.2, 0) is 11.3 Å². The molecule has 0 saturated heterocycles. The minimum atomic E-state index is 0.705. The Bertz CT molecular complexity index is 382. The van der Waals surface area contributed by atoms with Crippen LogP contribution in [0.5, 0.6) is 0 Å². The highest BCUT2D eigenvalue weighted by Crippen LogP contribution is 2.22. The first kappa shape index (κ1) is 16.5. The van der Waals surface area contributed by atoms with E-state index in [2.05, 4.69) is 50.6 Å². The van der Waals surface area contributed by atoms with Crippen LogP contribution in [-0.4, -0.2) is 32.3 Å². The molecule has 0 spiro atoms. The van der Waals surface area contributed by atoms with E-state index in [1.807, 2.05) is 6.92 Å². The van der Waals surface area contributed by atoms with E-state index >= 15 is 0 Å². The predicted octanol–water partition coefficient (Wildman–Crippen LogP) is 2.99. The maximum atomic E-state index is 5.30. The van der Waals surface area contributed by atoms with E-state index in [4.69, 9.17) is 4.74 Å². The number of nitrogens with zero attached hydrogens (tertiary/aromatic N) is 1. The molecule has 0 unspecified atom stereocenters. The van der Waals surface area contributed by atoms with E-state index in [9.17, 15) is 0 Å². The summed E-state index contributed by atoms with van der Waals surface area (Å²) in [5.74, 6) is 0.864. The van der Waals surface area contributed by atoms with Gasteiger partial charge in [-0.2, -0.15) is 0 Å². The molecule has 0 aliphatic heterocycles. The maximum absolute atomic E-state index is 5.30. The molecule has 2 N–H and O–H groups in total. The van der Waals surface area contributed by atoms with Gasteiger partial charge in [0.1, 0.15) is 0 Å². The van der Waals surface area contributed by atoms with Crippen molar-refractivity contribution in [3.05, 3.63) is 20.8 Å². The molecule has 1 rings (SSSR count). The van der Waals surface area contributed by atoms with E-state index in [-0.39, 0.29) is 0 Å². The van der Waals surface area contributed by atoms with Crippen LogP contribution in [0.2, 0.25) is 0 Å². The summed E-state index contributed by atoms with van der Waals surface area (Å²) in [5.41, 5.74) is 0. The number of hydrogen-bond acceptors (Lipinski definition) is 3. The number of ether oxygens (including phenoxy) is 1. The molecular formula is C13H22BrN3OS. The fourth-order valence-electron chi connectivity index (χ4n) is 1.46. The second kappa shape index (κ2) is 10.2. The maximum Gasteiger partial charge on any atom is 0.191 e. The summed E-state index contributed by atoms with van der Waals surface area (Å²) >= 11 is 5.18. The normalized spacial score (nSPS) is 11.6. The lowest BCUT2D eigenvalue weighted by Gasteiger charge is -2.10. The smallest absolute Gasteiger partial charge is 0.191 e. The molecule has 0 aromatic carbocycles. The predicted molar refractivity (Wildman–Crippen MR) is 85.9 cm³/mol. The van der Waals surface area contributed by atoms with Crippen LogP contribution in [0, 0.1) is 0 Å². The SMILES string of the molecule is CCNC(=NCc1ccc(Br)s1)NCCCOCC. The fraction of sp³-hybridized carbons (Fsp3) is 0.615. The summed E-state index contributed by atoms with van der Waals surface area (Å²) in [7, 11) is 0. The Morgan fingerprint density at radius 1 is 1.37 bits per heavy atom. The number of halogens is 1. The van der Waals surface area contributed by atoms with E-state index in [0.29, 0.717) is 6.54 Å². The average Bonchev–Trinajstić information content (AvgIpc) is 2.81. The number of nitrogens with one attached hydrogen (secondary N) is 2. The van der Waals surface area contributed by atoms with Crippen LogP contribution in [0.25, 0.3) is 0 Å². The molecule has 0 atom stereocenters. The first-order valence-corrected chi connectivity index (χ1v) is 8.21. The van der Waals surface area contributed by atoms with Gasteiger partial charge in [0.25, 0.3) is 0 Å². The van der Waals surface area contributed by atoms with Gasteiger partial charge in [-0.1, -0.05) is 0 Å². The van der Waals surface area contributed by atoms with Crippen LogP contribution in [0.1, 0.15) is 25.1 Å². The zero-order chi connectivity index (χ0) is 13.9. The molecule has 1 heterocycles. The van der Waals surface area contributed by atoms with E-state index in [0.717, 1.165) is 42.5 Å². The molecule has 19 heavy (non-hydrogen) atoms. The molecule has 0 aliphatic carbocycles. The molecule has 0 fully saturated rings. The first-order valence-electron chi connectivity index (χ1n) is 6.60. The summed E-state index contributed by atoms with van der Waals surface area (Å²) in [6.07, 6.45) is 0.989. The highest BCUT2D eigenvalue weighted by molar-refractivity contribution is 9.11. The Morgan fingerprint density at radius 3 is 2.84 bits per heavy atom. The summed E-state index contributed by atoms with van der Waals surface area (Å²) < 4.78 is 6.45. The number of aliphatic imine (C=N–C) groups is 1. The molecule has 0 bridgehead atoms. The molecule has 0 aliphatic rings. The minimum absolute atomic E-state index is 0.705. The van der Waals surface area contributed by atoms with Crippen molar-refractivity contribution in [1.82, 2.24) is 10.6 Å². The number of thiophene rings is 1.